The molecule has 0 saturated carbocycles. The van der Waals surface area contributed by atoms with Crippen LogP contribution in [-0.2, 0) is 9.59 Å². The molecule has 3 heteroatoms. The molecule has 0 aromatic rings. The van der Waals surface area contributed by atoms with Crippen molar-refractivity contribution in [2.45, 2.75) is 6.92 Å². The van der Waals surface area contributed by atoms with Crippen LogP contribution in [0.2, 0.25) is 0 Å². The molecular formula is C8H8O3. The van der Waals surface area contributed by atoms with Gasteiger partial charge in [0.25, 0.3) is 0 Å². The lowest BCUT2D eigenvalue weighted by Gasteiger charge is -2.06. The quantitative estimate of drug-likeness (QED) is 0.538. The fourth-order valence-electron chi connectivity index (χ4n) is 0.929. The zero-order valence-corrected chi connectivity index (χ0v) is 6.13. The number of Topliss-reactive ketones (excluding diaryl/α,β-unsaturated/α-hetero) is 1. The summed E-state index contributed by atoms with van der Waals surface area (Å²) in [6, 6.07) is 0. The molecule has 1 aliphatic carbocycles. The largest absolute Gasteiger partial charge is 0.392 e. The van der Waals surface area contributed by atoms with E-state index in [1.54, 1.807) is 6.92 Å². The van der Waals surface area contributed by atoms with Gasteiger partial charge in [-0.3, -0.25) is 9.59 Å². The molecule has 0 unspecified atom stereocenters. The maximum atomic E-state index is 11.1. The van der Waals surface area contributed by atoms with Crippen molar-refractivity contribution in [3.05, 3.63) is 23.3 Å². The Hall–Kier alpha value is -1.22. The second-order valence-electron chi connectivity index (χ2n) is 2.39. The van der Waals surface area contributed by atoms with E-state index in [2.05, 4.69) is 0 Å². The van der Waals surface area contributed by atoms with Crippen molar-refractivity contribution in [3.63, 3.8) is 0 Å². The third kappa shape index (κ3) is 1.43. The maximum Gasteiger partial charge on any atom is 0.187 e. The number of allylic oxidation sites excluding steroid dienone is 3. The predicted octanol–water partition coefficient (Wildman–Crippen LogP) is 0.00320. The Morgan fingerprint density at radius 3 is 2.55 bits per heavy atom. The van der Waals surface area contributed by atoms with Crippen molar-refractivity contribution in [1.82, 2.24) is 0 Å². The zero-order valence-electron chi connectivity index (χ0n) is 6.13. The van der Waals surface area contributed by atoms with Crippen LogP contribution in [0.4, 0.5) is 0 Å². The second kappa shape index (κ2) is 2.80. The number of carbonyl (C=O) groups is 2. The number of rotatable bonds is 1. The summed E-state index contributed by atoms with van der Waals surface area (Å²) < 4.78 is 0. The summed E-state index contributed by atoms with van der Waals surface area (Å²) in [5.41, 5.74) is 0.566. The van der Waals surface area contributed by atoms with Gasteiger partial charge in [0.1, 0.15) is 0 Å². The number of aliphatic hydroxyl groups is 1. The van der Waals surface area contributed by atoms with Gasteiger partial charge in [0.05, 0.1) is 6.61 Å². The fraction of sp³-hybridized carbons (Fsp3) is 0.250. The Kier molecular flexibility index (Phi) is 2.01. The average molecular weight is 152 g/mol. The van der Waals surface area contributed by atoms with Gasteiger partial charge >= 0.3 is 0 Å². The molecule has 11 heavy (non-hydrogen) atoms. The van der Waals surface area contributed by atoms with Gasteiger partial charge in [-0.1, -0.05) is 0 Å². The molecule has 0 aromatic heterocycles. The summed E-state index contributed by atoms with van der Waals surface area (Å²) in [5.74, 6) is -0.474. The van der Waals surface area contributed by atoms with Crippen LogP contribution in [-0.4, -0.2) is 23.3 Å². The lowest BCUT2D eigenvalue weighted by molar-refractivity contribution is -0.115. The summed E-state index contributed by atoms with van der Waals surface area (Å²) >= 11 is 0. The average Bonchev–Trinajstić information content (AvgIpc) is 1.96. The van der Waals surface area contributed by atoms with Gasteiger partial charge in [-0.25, -0.2) is 0 Å². The minimum Gasteiger partial charge on any atom is -0.392 e. The van der Waals surface area contributed by atoms with E-state index in [0.717, 1.165) is 6.08 Å². The first kappa shape index (κ1) is 7.88. The topological polar surface area (TPSA) is 54.4 Å². The van der Waals surface area contributed by atoms with Crippen LogP contribution in [0.1, 0.15) is 6.92 Å². The highest BCUT2D eigenvalue weighted by Gasteiger charge is 2.16. The highest BCUT2D eigenvalue weighted by molar-refractivity contribution is 6.20. The molecule has 1 rings (SSSR count). The molecule has 1 aliphatic rings. The molecule has 3 nitrogen and oxygen atoms in total. The molecule has 0 aromatic carbocycles. The number of aliphatic hydroxyl groups excluding tert-OH is 1. The Morgan fingerprint density at radius 1 is 1.36 bits per heavy atom. The van der Waals surface area contributed by atoms with Crippen LogP contribution in [0.3, 0.4) is 0 Å². The molecule has 0 fully saturated rings. The van der Waals surface area contributed by atoms with E-state index >= 15 is 0 Å². The highest BCUT2D eigenvalue weighted by atomic mass is 16.3. The van der Waals surface area contributed by atoms with Gasteiger partial charge in [-0.05, 0) is 19.1 Å². The SMILES string of the molecule is CC1=CC(=O)C=C(CO)C1=O. The molecule has 0 radical (unpaired) electrons. The Balaban J connectivity index is 3.00. The van der Waals surface area contributed by atoms with E-state index in [4.69, 9.17) is 5.11 Å². The summed E-state index contributed by atoms with van der Waals surface area (Å²) in [7, 11) is 0. The van der Waals surface area contributed by atoms with Crippen molar-refractivity contribution in [3.8, 4) is 0 Å². The molecular weight excluding hydrogens is 144 g/mol. The van der Waals surface area contributed by atoms with Gasteiger partial charge in [-0.15, -0.1) is 0 Å². The molecule has 0 atom stereocenters. The van der Waals surface area contributed by atoms with Gasteiger partial charge in [0.15, 0.2) is 11.6 Å². The monoisotopic (exact) mass is 152 g/mol. The number of hydrogen-bond acceptors (Lipinski definition) is 3. The molecule has 0 spiro atoms. The van der Waals surface area contributed by atoms with Gasteiger partial charge < -0.3 is 5.11 Å². The zero-order chi connectivity index (χ0) is 8.43. The van der Waals surface area contributed by atoms with E-state index in [9.17, 15) is 9.59 Å². The van der Waals surface area contributed by atoms with Crippen LogP contribution in [0.15, 0.2) is 23.3 Å². The first-order chi connectivity index (χ1) is 5.15. The number of carbonyl (C=O) groups excluding carboxylic acids is 2. The minimum absolute atomic E-state index is 0.176. The summed E-state index contributed by atoms with van der Waals surface area (Å²) in [6.07, 6.45) is 2.43. The van der Waals surface area contributed by atoms with Crippen LogP contribution in [0, 0.1) is 0 Å². The minimum atomic E-state index is -0.365. The van der Waals surface area contributed by atoms with Crippen molar-refractivity contribution >= 4 is 11.6 Å². The second-order valence-corrected chi connectivity index (χ2v) is 2.39. The van der Waals surface area contributed by atoms with Crippen molar-refractivity contribution < 1.29 is 14.7 Å². The van der Waals surface area contributed by atoms with Crippen molar-refractivity contribution in [1.29, 1.82) is 0 Å². The molecule has 0 bridgehead atoms. The lowest BCUT2D eigenvalue weighted by Crippen LogP contribution is -2.14. The number of ketones is 2. The van der Waals surface area contributed by atoms with Crippen molar-refractivity contribution in [2.75, 3.05) is 6.61 Å². The first-order valence-corrected chi connectivity index (χ1v) is 3.23. The summed E-state index contributed by atoms with van der Waals surface area (Å²) in [6.45, 7) is 1.19. The molecule has 0 heterocycles. The fourth-order valence-corrected chi connectivity index (χ4v) is 0.929. The molecule has 0 aliphatic heterocycles. The molecule has 0 amide bonds. The normalized spacial score (nSPS) is 18.0. The third-order valence-electron chi connectivity index (χ3n) is 1.50. The molecule has 0 saturated heterocycles. The summed E-state index contributed by atoms with van der Waals surface area (Å²) in [4.78, 5) is 21.8. The van der Waals surface area contributed by atoms with Crippen LogP contribution in [0.25, 0.3) is 0 Å². The lowest BCUT2D eigenvalue weighted by atomic mass is 9.98. The van der Waals surface area contributed by atoms with Crippen molar-refractivity contribution in [2.24, 2.45) is 0 Å². The van der Waals surface area contributed by atoms with E-state index < -0.39 is 0 Å². The maximum absolute atomic E-state index is 11.1. The van der Waals surface area contributed by atoms with E-state index in [1.807, 2.05) is 0 Å². The van der Waals surface area contributed by atoms with Crippen LogP contribution < -0.4 is 0 Å². The van der Waals surface area contributed by atoms with E-state index in [0.29, 0.717) is 5.57 Å². The van der Waals surface area contributed by atoms with Gasteiger partial charge in [-0.2, -0.15) is 0 Å². The van der Waals surface area contributed by atoms with Crippen LogP contribution >= 0.6 is 0 Å². The molecule has 58 valence electrons. The Morgan fingerprint density at radius 2 is 2.00 bits per heavy atom. The van der Waals surface area contributed by atoms with E-state index in [1.165, 1.54) is 6.08 Å². The first-order valence-electron chi connectivity index (χ1n) is 3.23. The smallest absolute Gasteiger partial charge is 0.187 e. The van der Waals surface area contributed by atoms with Gasteiger partial charge in [0, 0.05) is 11.1 Å². The predicted molar refractivity (Wildman–Crippen MR) is 38.9 cm³/mol. The highest BCUT2D eigenvalue weighted by Crippen LogP contribution is 2.10. The summed E-state index contributed by atoms with van der Waals surface area (Å²) in [5, 5.41) is 8.63. The van der Waals surface area contributed by atoms with E-state index in [-0.39, 0.29) is 23.7 Å². The van der Waals surface area contributed by atoms with Gasteiger partial charge in [0.2, 0.25) is 0 Å². The molecule has 1 N–H and O–H groups in total. The van der Waals surface area contributed by atoms with Crippen LogP contribution in [0.5, 0.6) is 0 Å². The Bertz CT molecular complexity index is 271. The number of hydrogen-bond donors (Lipinski definition) is 1. The third-order valence-corrected chi connectivity index (χ3v) is 1.50. The Labute approximate surface area is 64.0 Å². The standard InChI is InChI=1S/C8H8O3/c1-5-2-7(10)3-6(4-9)8(5)11/h2-3,9H,4H2,1H3.